The number of nitrogens with zero attached hydrogens (tertiary/aromatic N) is 3. The Morgan fingerprint density at radius 1 is 1.26 bits per heavy atom. The van der Waals surface area contributed by atoms with Crippen LogP contribution in [-0.2, 0) is 4.74 Å². The molecule has 0 bridgehead atoms. The molecule has 1 aromatic heterocycles. The van der Waals surface area contributed by atoms with Crippen molar-refractivity contribution in [2.24, 2.45) is 0 Å². The molecule has 2 unspecified atom stereocenters. The van der Waals surface area contributed by atoms with Crippen LogP contribution < -0.4 is 10.2 Å². The number of rotatable bonds is 7. The van der Waals surface area contributed by atoms with Crippen LogP contribution in [0.2, 0.25) is 0 Å². The summed E-state index contributed by atoms with van der Waals surface area (Å²) in [6.45, 7) is 10.5. The highest BCUT2D eigenvalue weighted by atomic mass is 16.5. The van der Waals surface area contributed by atoms with Crippen molar-refractivity contribution >= 4 is 5.95 Å². The van der Waals surface area contributed by atoms with E-state index < -0.39 is 0 Å². The summed E-state index contributed by atoms with van der Waals surface area (Å²) < 4.78 is 11.0. The van der Waals surface area contributed by atoms with Gasteiger partial charge in [-0.15, -0.1) is 0 Å². The van der Waals surface area contributed by atoms with Gasteiger partial charge < -0.3 is 19.5 Å². The Hall–Kier alpha value is -1.14. The fourth-order valence-electron chi connectivity index (χ4n) is 2.34. The number of anilines is 1. The van der Waals surface area contributed by atoms with Gasteiger partial charge in [0.25, 0.3) is 5.95 Å². The molecule has 2 heterocycles. The molecule has 0 radical (unpaired) electrons. The largest absolute Gasteiger partial charge is 0.379 e. The number of hydrogen-bond acceptors (Lipinski definition) is 6. The third-order valence-electron chi connectivity index (χ3n) is 3.53. The predicted octanol–water partition coefficient (Wildman–Crippen LogP) is 1.40. The summed E-state index contributed by atoms with van der Waals surface area (Å²) in [5.74, 6) is 1.54. The number of nitrogens with one attached hydrogen (secondary N) is 1. The molecule has 1 fully saturated rings. The molecule has 1 aliphatic heterocycles. The quantitative estimate of drug-likeness (QED) is 0.806. The standard InChI is InChI=1S/C13H24N4O2/c1-4-7-14-11-9-18-8-10(11)12-15-13(16-19-12)17(5-2)6-3/h10-11,14H,4-9H2,1-3H3. The highest BCUT2D eigenvalue weighted by Crippen LogP contribution is 2.25. The summed E-state index contributed by atoms with van der Waals surface area (Å²) in [6, 6.07) is 0.282. The second-order valence-electron chi connectivity index (χ2n) is 4.81. The molecule has 1 aromatic rings. The van der Waals surface area contributed by atoms with E-state index in [1.807, 2.05) is 0 Å². The van der Waals surface area contributed by atoms with E-state index in [9.17, 15) is 0 Å². The van der Waals surface area contributed by atoms with Crippen molar-refractivity contribution in [2.45, 2.75) is 39.2 Å². The van der Waals surface area contributed by atoms with E-state index in [1.54, 1.807) is 0 Å². The lowest BCUT2D eigenvalue weighted by Crippen LogP contribution is -2.35. The molecule has 2 atom stereocenters. The van der Waals surface area contributed by atoms with Gasteiger partial charge in [0.2, 0.25) is 5.89 Å². The van der Waals surface area contributed by atoms with Gasteiger partial charge in [-0.05, 0) is 32.0 Å². The van der Waals surface area contributed by atoms with Crippen LogP contribution in [0, 0.1) is 0 Å². The molecule has 0 aromatic carbocycles. The van der Waals surface area contributed by atoms with Crippen LogP contribution in [-0.4, -0.2) is 49.0 Å². The first-order valence-corrected chi connectivity index (χ1v) is 7.19. The third kappa shape index (κ3) is 3.25. The van der Waals surface area contributed by atoms with Crippen molar-refractivity contribution < 1.29 is 9.26 Å². The van der Waals surface area contributed by atoms with Gasteiger partial charge in [-0.25, -0.2) is 0 Å². The Morgan fingerprint density at radius 2 is 2.05 bits per heavy atom. The van der Waals surface area contributed by atoms with Gasteiger partial charge in [0.1, 0.15) is 0 Å². The van der Waals surface area contributed by atoms with Crippen molar-refractivity contribution in [3.05, 3.63) is 5.89 Å². The zero-order chi connectivity index (χ0) is 13.7. The van der Waals surface area contributed by atoms with Gasteiger partial charge >= 0.3 is 0 Å². The summed E-state index contributed by atoms with van der Waals surface area (Å²) in [5.41, 5.74) is 0. The molecule has 6 nitrogen and oxygen atoms in total. The molecule has 1 saturated heterocycles. The van der Waals surface area contributed by atoms with Crippen LogP contribution in [0.1, 0.15) is 39.0 Å². The zero-order valence-electron chi connectivity index (χ0n) is 12.1. The SMILES string of the molecule is CCCNC1COCC1c1nc(N(CC)CC)no1. The van der Waals surface area contributed by atoms with E-state index in [2.05, 4.69) is 41.1 Å². The van der Waals surface area contributed by atoms with E-state index in [0.717, 1.165) is 26.1 Å². The number of aromatic nitrogens is 2. The summed E-state index contributed by atoms with van der Waals surface area (Å²) in [4.78, 5) is 6.60. The van der Waals surface area contributed by atoms with Crippen molar-refractivity contribution in [3.63, 3.8) is 0 Å². The molecule has 0 spiro atoms. The van der Waals surface area contributed by atoms with Crippen molar-refractivity contribution in [3.8, 4) is 0 Å². The zero-order valence-corrected chi connectivity index (χ0v) is 12.1. The normalized spacial score (nSPS) is 22.9. The van der Waals surface area contributed by atoms with Crippen LogP contribution in [0.5, 0.6) is 0 Å². The van der Waals surface area contributed by atoms with Gasteiger partial charge in [-0.1, -0.05) is 6.92 Å². The molecule has 1 N–H and O–H groups in total. The molecule has 0 saturated carbocycles. The highest BCUT2D eigenvalue weighted by Gasteiger charge is 2.33. The first-order valence-electron chi connectivity index (χ1n) is 7.19. The fraction of sp³-hybridized carbons (Fsp3) is 0.846. The fourth-order valence-corrected chi connectivity index (χ4v) is 2.34. The van der Waals surface area contributed by atoms with Gasteiger partial charge in [-0.2, -0.15) is 4.98 Å². The Balaban J connectivity index is 2.04. The third-order valence-corrected chi connectivity index (χ3v) is 3.53. The lowest BCUT2D eigenvalue weighted by Gasteiger charge is -2.16. The van der Waals surface area contributed by atoms with E-state index >= 15 is 0 Å². The summed E-state index contributed by atoms with van der Waals surface area (Å²) >= 11 is 0. The first kappa shape index (κ1) is 14.3. The Kier molecular flexibility index (Phi) is 5.15. The minimum atomic E-state index is 0.170. The Morgan fingerprint density at radius 3 is 2.74 bits per heavy atom. The summed E-state index contributed by atoms with van der Waals surface area (Å²) in [7, 11) is 0. The van der Waals surface area contributed by atoms with E-state index in [0.29, 0.717) is 25.1 Å². The van der Waals surface area contributed by atoms with Crippen LogP contribution >= 0.6 is 0 Å². The molecule has 2 rings (SSSR count). The van der Waals surface area contributed by atoms with Crippen LogP contribution in [0.4, 0.5) is 5.95 Å². The number of ether oxygens (including phenoxy) is 1. The summed E-state index contributed by atoms with van der Waals surface area (Å²) in [6.07, 6.45) is 1.11. The number of hydrogen-bond donors (Lipinski definition) is 1. The lowest BCUT2D eigenvalue weighted by atomic mass is 10.0. The average Bonchev–Trinajstić information content (AvgIpc) is 3.06. The van der Waals surface area contributed by atoms with Crippen LogP contribution in [0.3, 0.4) is 0 Å². The molecule has 1 aliphatic rings. The molecule has 108 valence electrons. The predicted molar refractivity (Wildman–Crippen MR) is 73.5 cm³/mol. The Labute approximate surface area is 114 Å². The smallest absolute Gasteiger partial charge is 0.266 e. The highest BCUT2D eigenvalue weighted by molar-refractivity contribution is 5.27. The molecule has 0 amide bonds. The summed E-state index contributed by atoms with van der Waals surface area (Å²) in [5, 5.41) is 7.55. The minimum absolute atomic E-state index is 0.170. The minimum Gasteiger partial charge on any atom is -0.379 e. The molecular weight excluding hydrogens is 244 g/mol. The van der Waals surface area contributed by atoms with E-state index in [1.165, 1.54) is 0 Å². The van der Waals surface area contributed by atoms with Crippen molar-refractivity contribution in [1.29, 1.82) is 0 Å². The average molecular weight is 268 g/mol. The van der Waals surface area contributed by atoms with Gasteiger partial charge in [0, 0.05) is 19.1 Å². The second-order valence-corrected chi connectivity index (χ2v) is 4.81. The van der Waals surface area contributed by atoms with Crippen molar-refractivity contribution in [2.75, 3.05) is 37.7 Å². The topological polar surface area (TPSA) is 63.4 Å². The Bertz CT molecular complexity index is 378. The maximum atomic E-state index is 5.54. The monoisotopic (exact) mass is 268 g/mol. The first-order chi connectivity index (χ1) is 9.30. The maximum Gasteiger partial charge on any atom is 0.266 e. The lowest BCUT2D eigenvalue weighted by molar-refractivity contribution is 0.184. The van der Waals surface area contributed by atoms with Gasteiger partial charge in [-0.3, -0.25) is 0 Å². The molecule has 6 heteroatoms. The van der Waals surface area contributed by atoms with Crippen LogP contribution in [0.15, 0.2) is 4.52 Å². The molecule has 19 heavy (non-hydrogen) atoms. The molecular formula is C13H24N4O2. The molecule has 0 aliphatic carbocycles. The van der Waals surface area contributed by atoms with E-state index in [-0.39, 0.29) is 12.0 Å². The van der Waals surface area contributed by atoms with Crippen molar-refractivity contribution in [1.82, 2.24) is 15.5 Å². The van der Waals surface area contributed by atoms with Gasteiger partial charge in [0.15, 0.2) is 0 Å². The van der Waals surface area contributed by atoms with Gasteiger partial charge in [0.05, 0.1) is 19.1 Å². The second kappa shape index (κ2) is 6.86. The maximum absolute atomic E-state index is 5.54. The van der Waals surface area contributed by atoms with Crippen LogP contribution in [0.25, 0.3) is 0 Å². The van der Waals surface area contributed by atoms with E-state index in [4.69, 9.17) is 9.26 Å².